The van der Waals surface area contributed by atoms with E-state index >= 15 is 0 Å². The Bertz CT molecular complexity index is 698. The first-order valence-electron chi connectivity index (χ1n) is 10.6. The van der Waals surface area contributed by atoms with Gasteiger partial charge in [-0.3, -0.25) is 4.79 Å². The third-order valence-corrected chi connectivity index (χ3v) is 9.14. The molecule has 0 amide bonds. The highest BCUT2D eigenvalue weighted by molar-refractivity contribution is 5.80. The number of rotatable bonds is 1. The van der Waals surface area contributed by atoms with E-state index in [2.05, 4.69) is 20.8 Å². The average Bonchev–Trinajstić information content (AvgIpc) is 3.24. The van der Waals surface area contributed by atoms with Crippen molar-refractivity contribution in [2.45, 2.75) is 95.3 Å². The normalized spacial score (nSPS) is 60.4. The fourth-order valence-electron chi connectivity index (χ4n) is 7.82. The number of methoxy groups -OCH3 is 1. The molecule has 2 N–H and O–H groups in total. The van der Waals surface area contributed by atoms with Crippen LogP contribution >= 0.6 is 0 Å². The van der Waals surface area contributed by atoms with Crippen LogP contribution in [0.4, 0.5) is 0 Å². The first-order chi connectivity index (χ1) is 13.1. The molecule has 5 aliphatic rings. The Morgan fingerprint density at radius 3 is 2.57 bits per heavy atom. The van der Waals surface area contributed by atoms with Gasteiger partial charge < -0.3 is 29.2 Å². The van der Waals surface area contributed by atoms with Gasteiger partial charge in [-0.15, -0.1) is 0 Å². The van der Waals surface area contributed by atoms with E-state index < -0.39 is 35.3 Å². The first-order valence-corrected chi connectivity index (χ1v) is 10.6. The molecule has 7 heteroatoms. The van der Waals surface area contributed by atoms with E-state index in [1.165, 1.54) is 7.11 Å². The smallest absolute Gasteiger partial charge is 0.312 e. The van der Waals surface area contributed by atoms with Gasteiger partial charge >= 0.3 is 5.97 Å². The van der Waals surface area contributed by atoms with Gasteiger partial charge in [0.2, 0.25) is 0 Å². The molecule has 5 fully saturated rings. The molecule has 3 saturated heterocycles. The first kappa shape index (κ1) is 19.2. The lowest BCUT2D eigenvalue weighted by Gasteiger charge is -2.62. The van der Waals surface area contributed by atoms with E-state index in [9.17, 15) is 15.0 Å². The second kappa shape index (κ2) is 5.70. The van der Waals surface area contributed by atoms with Gasteiger partial charge in [-0.2, -0.15) is 0 Å². The zero-order valence-electron chi connectivity index (χ0n) is 17.1. The summed E-state index contributed by atoms with van der Waals surface area (Å²) in [5.74, 6) is 0.143. The van der Waals surface area contributed by atoms with E-state index in [0.29, 0.717) is 12.8 Å². The van der Waals surface area contributed by atoms with Gasteiger partial charge in [0.25, 0.3) is 0 Å². The lowest BCUT2D eigenvalue weighted by Crippen LogP contribution is -2.66. The molecule has 2 spiro atoms. The van der Waals surface area contributed by atoms with Crippen molar-refractivity contribution < 1.29 is 34.0 Å². The molecule has 7 nitrogen and oxygen atoms in total. The van der Waals surface area contributed by atoms with E-state index in [0.717, 1.165) is 25.7 Å². The molecule has 0 radical (unpaired) electrons. The van der Waals surface area contributed by atoms with Gasteiger partial charge in [0.05, 0.1) is 11.0 Å². The van der Waals surface area contributed by atoms with Gasteiger partial charge in [0, 0.05) is 18.4 Å². The van der Waals surface area contributed by atoms with Crippen LogP contribution in [0.1, 0.15) is 59.3 Å². The molecule has 10 atom stereocenters. The molecule has 2 saturated carbocycles. The third-order valence-electron chi connectivity index (χ3n) is 9.14. The average molecular weight is 396 g/mol. The molecular weight excluding hydrogens is 364 g/mol. The maximum absolute atomic E-state index is 12.8. The van der Waals surface area contributed by atoms with Crippen LogP contribution < -0.4 is 0 Å². The minimum atomic E-state index is -1.24. The number of fused-ring (bicyclic) bond motifs is 1. The van der Waals surface area contributed by atoms with E-state index in [-0.39, 0.29) is 29.3 Å². The second-order valence-corrected chi connectivity index (χ2v) is 10.2. The van der Waals surface area contributed by atoms with Crippen LogP contribution in [-0.2, 0) is 23.7 Å². The molecule has 0 aromatic heterocycles. The molecule has 28 heavy (non-hydrogen) atoms. The fraction of sp³-hybridized carbons (Fsp3) is 0.952. The molecule has 3 heterocycles. The quantitative estimate of drug-likeness (QED) is 0.652. The molecule has 2 aliphatic carbocycles. The number of esters is 1. The summed E-state index contributed by atoms with van der Waals surface area (Å²) < 4.78 is 23.4. The largest absolute Gasteiger partial charge is 0.462 e. The lowest BCUT2D eigenvalue weighted by atomic mass is 9.44. The SMILES string of the molecule is CO[C@@H]1O[C@H](O)[C@@]2(CC[C@@]3(O2)[C@H](C)C[C@H]2OC(=O)[C@]4(C)CCC[C@@]3(C)[C@H]24)[C@@H]1O. The van der Waals surface area contributed by atoms with Crippen molar-refractivity contribution in [2.75, 3.05) is 7.11 Å². The summed E-state index contributed by atoms with van der Waals surface area (Å²) in [7, 11) is 1.45. The number of carbonyl (C=O) groups is 1. The zero-order valence-corrected chi connectivity index (χ0v) is 17.1. The Morgan fingerprint density at radius 1 is 1.14 bits per heavy atom. The van der Waals surface area contributed by atoms with Gasteiger partial charge in [-0.25, -0.2) is 0 Å². The van der Waals surface area contributed by atoms with Crippen molar-refractivity contribution in [1.82, 2.24) is 0 Å². The standard InChI is InChI=1S/C21H32O7/c1-11-10-12-13-18(2,16(23)26-12)6-5-7-19(13,3)21(11)9-8-20(28-21)14(22)15(25-4)27-17(20)24/h11-15,17,22,24H,5-10H2,1-4H3/t11-,12-,13-,14-,15-,17+,18-,19+,20-,21-/m1/s1. The Kier molecular flexibility index (Phi) is 3.92. The van der Waals surface area contributed by atoms with Crippen molar-refractivity contribution in [1.29, 1.82) is 0 Å². The second-order valence-electron chi connectivity index (χ2n) is 10.2. The van der Waals surface area contributed by atoms with Gasteiger partial charge in [0.15, 0.2) is 18.2 Å². The predicted octanol–water partition coefficient (Wildman–Crippen LogP) is 1.73. The van der Waals surface area contributed by atoms with E-state index in [4.69, 9.17) is 18.9 Å². The van der Waals surface area contributed by atoms with E-state index in [1.807, 2.05) is 0 Å². The Hall–Kier alpha value is -0.730. The number of ether oxygens (including phenoxy) is 4. The number of aliphatic hydroxyl groups is 2. The molecule has 0 aromatic rings. The monoisotopic (exact) mass is 396 g/mol. The summed E-state index contributed by atoms with van der Waals surface area (Å²) in [6.07, 6.45) is 1.41. The van der Waals surface area contributed by atoms with Gasteiger partial charge in [0.1, 0.15) is 12.2 Å². The number of carbonyl (C=O) groups excluding carboxylic acids is 1. The Balaban J connectivity index is 1.58. The van der Waals surface area contributed by atoms with Crippen molar-refractivity contribution in [3.8, 4) is 0 Å². The van der Waals surface area contributed by atoms with Crippen LogP contribution in [0.5, 0.6) is 0 Å². The van der Waals surface area contributed by atoms with Crippen molar-refractivity contribution in [2.24, 2.45) is 22.7 Å². The van der Waals surface area contributed by atoms with Crippen molar-refractivity contribution in [3.63, 3.8) is 0 Å². The third kappa shape index (κ3) is 1.95. The van der Waals surface area contributed by atoms with Crippen LogP contribution in [0.25, 0.3) is 0 Å². The van der Waals surface area contributed by atoms with Crippen LogP contribution in [0.2, 0.25) is 0 Å². The summed E-state index contributed by atoms with van der Waals surface area (Å²) in [5, 5.41) is 21.6. The Labute approximate surface area is 165 Å². The van der Waals surface area contributed by atoms with Crippen molar-refractivity contribution in [3.05, 3.63) is 0 Å². The molecule has 3 aliphatic heterocycles. The summed E-state index contributed by atoms with van der Waals surface area (Å²) in [6, 6.07) is 0. The zero-order chi connectivity index (χ0) is 20.1. The topological polar surface area (TPSA) is 94.5 Å². The molecule has 5 rings (SSSR count). The minimum absolute atomic E-state index is 0.0749. The molecule has 0 unspecified atom stereocenters. The summed E-state index contributed by atoms with van der Waals surface area (Å²) in [5.41, 5.74) is -2.50. The Morgan fingerprint density at radius 2 is 1.89 bits per heavy atom. The van der Waals surface area contributed by atoms with Crippen LogP contribution in [-0.4, -0.2) is 59.3 Å². The van der Waals surface area contributed by atoms with Gasteiger partial charge in [-0.1, -0.05) is 20.3 Å². The molecule has 158 valence electrons. The molecular formula is C21H32O7. The summed E-state index contributed by atoms with van der Waals surface area (Å²) in [4.78, 5) is 12.8. The maximum Gasteiger partial charge on any atom is 0.312 e. The highest BCUT2D eigenvalue weighted by atomic mass is 16.8. The van der Waals surface area contributed by atoms with Gasteiger partial charge in [-0.05, 0) is 44.9 Å². The van der Waals surface area contributed by atoms with Crippen LogP contribution in [0.15, 0.2) is 0 Å². The summed E-state index contributed by atoms with van der Waals surface area (Å²) in [6.45, 7) is 6.44. The lowest BCUT2D eigenvalue weighted by molar-refractivity contribution is -0.286. The minimum Gasteiger partial charge on any atom is -0.462 e. The van der Waals surface area contributed by atoms with Crippen LogP contribution in [0.3, 0.4) is 0 Å². The maximum atomic E-state index is 12.8. The fourth-order valence-corrected chi connectivity index (χ4v) is 7.82. The molecule has 0 aromatic carbocycles. The molecule has 0 bridgehead atoms. The highest BCUT2D eigenvalue weighted by Gasteiger charge is 2.76. The van der Waals surface area contributed by atoms with E-state index in [1.54, 1.807) is 0 Å². The highest BCUT2D eigenvalue weighted by Crippen LogP contribution is 2.71. The summed E-state index contributed by atoms with van der Waals surface area (Å²) >= 11 is 0. The number of hydrogen-bond donors (Lipinski definition) is 2. The number of aliphatic hydroxyl groups excluding tert-OH is 2. The van der Waals surface area contributed by atoms with Crippen molar-refractivity contribution >= 4 is 5.97 Å². The number of hydrogen-bond acceptors (Lipinski definition) is 7. The predicted molar refractivity (Wildman–Crippen MR) is 96.9 cm³/mol. The van der Waals surface area contributed by atoms with Crippen LogP contribution in [0, 0.1) is 22.7 Å².